The van der Waals surface area contributed by atoms with Gasteiger partial charge in [-0.2, -0.15) is 12.6 Å². The highest BCUT2D eigenvalue weighted by Gasteiger charge is 2.09. The zero-order valence-corrected chi connectivity index (χ0v) is 9.87. The predicted molar refractivity (Wildman–Crippen MR) is 67.3 cm³/mol. The van der Waals surface area contributed by atoms with Gasteiger partial charge in [0.05, 0.1) is 5.56 Å². The Hall–Kier alpha value is -1.42. The molecule has 2 rings (SSSR count). The molecule has 3 nitrogen and oxygen atoms in total. The number of hydrogen-bond donors (Lipinski definition) is 2. The molecule has 0 bridgehead atoms. The number of aryl methyl sites for hydroxylation is 1. The molecule has 84 valence electrons. The third-order valence-electron chi connectivity index (χ3n) is 2.71. The number of rotatable bonds is 3. The molecule has 1 N–H and O–H groups in total. The van der Waals surface area contributed by atoms with Crippen LogP contribution in [0.2, 0.25) is 0 Å². The molecule has 16 heavy (non-hydrogen) atoms. The summed E-state index contributed by atoms with van der Waals surface area (Å²) >= 11 is 4.27. The number of nitrogens with zero attached hydrogens (tertiary/aromatic N) is 1. The van der Waals surface area contributed by atoms with Gasteiger partial charge in [0.25, 0.3) is 0 Å². The van der Waals surface area contributed by atoms with Crippen LogP contribution in [0.3, 0.4) is 0 Å². The summed E-state index contributed by atoms with van der Waals surface area (Å²) in [6.45, 7) is 2.93. The highest BCUT2D eigenvalue weighted by Crippen LogP contribution is 2.22. The first-order valence-corrected chi connectivity index (χ1v) is 5.77. The van der Waals surface area contributed by atoms with Gasteiger partial charge in [0.2, 0.25) is 0 Å². The van der Waals surface area contributed by atoms with E-state index in [1.54, 1.807) is 12.1 Å². The topological polar surface area (TPSA) is 42.2 Å². The van der Waals surface area contributed by atoms with Crippen LogP contribution in [-0.4, -0.2) is 15.6 Å². The lowest BCUT2D eigenvalue weighted by Crippen LogP contribution is -1.99. The van der Waals surface area contributed by atoms with Crippen LogP contribution >= 0.6 is 12.6 Å². The molecule has 0 spiro atoms. The molecule has 1 aromatic carbocycles. The Labute approximate surface area is 99.1 Å². The molecule has 2 aromatic rings. The maximum Gasteiger partial charge on any atom is 0.335 e. The lowest BCUT2D eigenvalue weighted by molar-refractivity contribution is 0.0697. The van der Waals surface area contributed by atoms with Crippen LogP contribution in [0, 0.1) is 0 Å². The molecule has 0 aliphatic rings. The maximum atomic E-state index is 10.9. The Morgan fingerprint density at radius 1 is 1.44 bits per heavy atom. The predicted octanol–water partition coefficient (Wildman–Crippen LogP) is 2.79. The van der Waals surface area contributed by atoms with Crippen LogP contribution in [0.15, 0.2) is 24.3 Å². The fourth-order valence-electron chi connectivity index (χ4n) is 1.97. The van der Waals surface area contributed by atoms with Crippen molar-refractivity contribution in [3.8, 4) is 0 Å². The van der Waals surface area contributed by atoms with Crippen LogP contribution in [0.1, 0.15) is 23.0 Å². The molecule has 0 unspecified atom stereocenters. The van der Waals surface area contributed by atoms with Gasteiger partial charge in [-0.15, -0.1) is 0 Å². The van der Waals surface area contributed by atoms with Gasteiger partial charge < -0.3 is 9.67 Å². The van der Waals surface area contributed by atoms with Crippen LogP contribution in [0.5, 0.6) is 0 Å². The highest BCUT2D eigenvalue weighted by molar-refractivity contribution is 7.79. The van der Waals surface area contributed by atoms with E-state index in [9.17, 15) is 4.79 Å². The van der Waals surface area contributed by atoms with Gasteiger partial charge >= 0.3 is 5.97 Å². The van der Waals surface area contributed by atoms with Gasteiger partial charge in [0, 0.05) is 28.9 Å². The average molecular weight is 235 g/mol. The van der Waals surface area contributed by atoms with Crippen LogP contribution in [0.4, 0.5) is 0 Å². The molecule has 0 saturated carbocycles. The Balaban J connectivity index is 2.67. The second-order valence-corrected chi connectivity index (χ2v) is 3.93. The van der Waals surface area contributed by atoms with Crippen molar-refractivity contribution in [2.45, 2.75) is 19.2 Å². The second kappa shape index (κ2) is 4.22. The SMILES string of the molecule is CCn1c(CS)cc2cc(C(=O)O)ccc21. The number of carboxylic acids is 1. The van der Waals surface area contributed by atoms with E-state index in [1.807, 2.05) is 12.1 Å². The first-order chi connectivity index (χ1) is 7.67. The molecule has 0 amide bonds. The van der Waals surface area contributed by atoms with E-state index in [1.165, 1.54) is 0 Å². The van der Waals surface area contributed by atoms with Gasteiger partial charge in [0.15, 0.2) is 0 Å². The van der Waals surface area contributed by atoms with Gasteiger partial charge in [-0.05, 0) is 31.2 Å². The third kappa shape index (κ3) is 1.69. The van der Waals surface area contributed by atoms with E-state index in [-0.39, 0.29) is 0 Å². The summed E-state index contributed by atoms with van der Waals surface area (Å²) in [4.78, 5) is 10.9. The number of aromatic carboxylic acids is 1. The standard InChI is InChI=1S/C12H13NO2S/c1-2-13-10(7-16)6-9-5-8(12(14)15)3-4-11(9)13/h3-6,16H,2,7H2,1H3,(H,14,15). The zero-order chi connectivity index (χ0) is 11.7. The number of thiol groups is 1. The van der Waals surface area contributed by atoms with E-state index in [2.05, 4.69) is 24.1 Å². The van der Waals surface area contributed by atoms with Gasteiger partial charge in [-0.25, -0.2) is 4.79 Å². The van der Waals surface area contributed by atoms with E-state index >= 15 is 0 Å². The minimum atomic E-state index is -0.890. The Morgan fingerprint density at radius 3 is 2.75 bits per heavy atom. The summed E-state index contributed by atoms with van der Waals surface area (Å²) in [5.41, 5.74) is 2.51. The first-order valence-electron chi connectivity index (χ1n) is 5.13. The summed E-state index contributed by atoms with van der Waals surface area (Å²) in [5, 5.41) is 9.88. The minimum Gasteiger partial charge on any atom is -0.478 e. The summed E-state index contributed by atoms with van der Waals surface area (Å²) in [5.74, 6) is -0.233. The van der Waals surface area contributed by atoms with E-state index in [4.69, 9.17) is 5.11 Å². The van der Waals surface area contributed by atoms with Crippen molar-refractivity contribution in [3.63, 3.8) is 0 Å². The van der Waals surface area contributed by atoms with Gasteiger partial charge in [-0.1, -0.05) is 0 Å². The van der Waals surface area contributed by atoms with Crippen molar-refractivity contribution >= 4 is 29.5 Å². The van der Waals surface area contributed by atoms with Crippen molar-refractivity contribution in [2.75, 3.05) is 0 Å². The highest BCUT2D eigenvalue weighted by atomic mass is 32.1. The number of carbonyl (C=O) groups is 1. The molecule has 0 fully saturated rings. The van der Waals surface area contributed by atoms with Crippen molar-refractivity contribution in [2.24, 2.45) is 0 Å². The van der Waals surface area contributed by atoms with Crippen molar-refractivity contribution in [1.82, 2.24) is 4.57 Å². The van der Waals surface area contributed by atoms with Crippen molar-refractivity contribution < 1.29 is 9.90 Å². The number of fused-ring (bicyclic) bond motifs is 1. The summed E-state index contributed by atoms with van der Waals surface area (Å²) < 4.78 is 2.15. The molecular formula is C12H13NO2S. The molecule has 0 aliphatic carbocycles. The Bertz CT molecular complexity index is 545. The van der Waals surface area contributed by atoms with Crippen molar-refractivity contribution in [1.29, 1.82) is 0 Å². The third-order valence-corrected chi connectivity index (χ3v) is 3.04. The number of hydrogen-bond acceptors (Lipinski definition) is 2. The molecular weight excluding hydrogens is 222 g/mol. The molecule has 1 aromatic heterocycles. The largest absolute Gasteiger partial charge is 0.478 e. The first kappa shape index (κ1) is 11.1. The van der Waals surface area contributed by atoms with Crippen LogP contribution in [-0.2, 0) is 12.3 Å². The fraction of sp³-hybridized carbons (Fsp3) is 0.250. The number of aromatic nitrogens is 1. The van der Waals surface area contributed by atoms with Gasteiger partial charge in [0.1, 0.15) is 0 Å². The molecule has 0 radical (unpaired) electrons. The lowest BCUT2D eigenvalue weighted by Gasteiger charge is -2.05. The van der Waals surface area contributed by atoms with Gasteiger partial charge in [-0.3, -0.25) is 0 Å². The summed E-state index contributed by atoms with van der Waals surface area (Å²) in [7, 11) is 0. The van der Waals surface area contributed by atoms with E-state index < -0.39 is 5.97 Å². The van der Waals surface area contributed by atoms with E-state index in [0.717, 1.165) is 23.1 Å². The van der Waals surface area contributed by atoms with E-state index in [0.29, 0.717) is 11.3 Å². The maximum absolute atomic E-state index is 10.9. The second-order valence-electron chi connectivity index (χ2n) is 3.62. The lowest BCUT2D eigenvalue weighted by atomic mass is 10.1. The van der Waals surface area contributed by atoms with Crippen LogP contribution in [0.25, 0.3) is 10.9 Å². The Morgan fingerprint density at radius 2 is 2.19 bits per heavy atom. The number of carboxylic acid groups (broad SMARTS) is 1. The normalized spacial score (nSPS) is 10.9. The van der Waals surface area contributed by atoms with Crippen LogP contribution < -0.4 is 0 Å². The monoisotopic (exact) mass is 235 g/mol. The zero-order valence-electron chi connectivity index (χ0n) is 8.97. The average Bonchev–Trinajstić information content (AvgIpc) is 2.65. The summed E-state index contributed by atoms with van der Waals surface area (Å²) in [6, 6.07) is 7.20. The smallest absolute Gasteiger partial charge is 0.335 e. The Kier molecular flexibility index (Phi) is 2.92. The van der Waals surface area contributed by atoms with Crippen molar-refractivity contribution in [3.05, 3.63) is 35.5 Å². The molecule has 0 aliphatic heterocycles. The quantitative estimate of drug-likeness (QED) is 0.803. The number of benzene rings is 1. The molecule has 4 heteroatoms. The molecule has 1 heterocycles. The fourth-order valence-corrected chi connectivity index (χ4v) is 2.23. The molecule has 0 saturated heterocycles. The minimum absolute atomic E-state index is 0.325. The summed E-state index contributed by atoms with van der Waals surface area (Å²) in [6.07, 6.45) is 0. The molecule has 0 atom stereocenters.